The lowest BCUT2D eigenvalue weighted by Gasteiger charge is -2.04. The summed E-state index contributed by atoms with van der Waals surface area (Å²) >= 11 is 5.21. The molecule has 0 spiro atoms. The molecule has 0 aliphatic rings. The molecule has 94 valence electrons. The van der Waals surface area contributed by atoms with Crippen LogP contribution in [0.15, 0.2) is 45.9 Å². The van der Waals surface area contributed by atoms with Crippen molar-refractivity contribution in [2.24, 2.45) is 0 Å². The molecule has 0 saturated carbocycles. The average Bonchev–Trinajstić information content (AvgIpc) is 2.37. The monoisotopic (exact) mass is 323 g/mol. The quantitative estimate of drug-likeness (QED) is 0.857. The van der Waals surface area contributed by atoms with Gasteiger partial charge >= 0.3 is 0 Å². The van der Waals surface area contributed by atoms with Gasteiger partial charge in [0, 0.05) is 22.1 Å². The summed E-state index contributed by atoms with van der Waals surface area (Å²) in [6.45, 7) is 0.775. The van der Waals surface area contributed by atoms with Gasteiger partial charge in [-0.25, -0.2) is 9.97 Å². The molecule has 5 heteroatoms. The first-order valence-corrected chi connectivity index (χ1v) is 7.39. The van der Waals surface area contributed by atoms with Crippen LogP contribution in [0.2, 0.25) is 0 Å². The number of hydrogen-bond donors (Lipinski definition) is 1. The zero-order valence-corrected chi connectivity index (χ0v) is 12.5. The fourth-order valence-corrected chi connectivity index (χ4v) is 2.87. The predicted molar refractivity (Wildman–Crippen MR) is 78.5 cm³/mol. The van der Waals surface area contributed by atoms with E-state index in [1.807, 2.05) is 31.4 Å². The molecule has 0 bridgehead atoms. The van der Waals surface area contributed by atoms with Crippen molar-refractivity contribution in [2.45, 2.75) is 17.2 Å². The van der Waals surface area contributed by atoms with Gasteiger partial charge in [0.1, 0.15) is 5.82 Å². The van der Waals surface area contributed by atoms with E-state index in [0.717, 1.165) is 28.3 Å². The number of rotatable bonds is 5. The third kappa shape index (κ3) is 4.08. The molecular formula is C13H14BrN3S. The van der Waals surface area contributed by atoms with Crippen LogP contribution in [0.5, 0.6) is 0 Å². The molecule has 0 aliphatic heterocycles. The minimum absolute atomic E-state index is 0.775. The van der Waals surface area contributed by atoms with Crippen molar-refractivity contribution in [3.8, 4) is 0 Å². The summed E-state index contributed by atoms with van der Waals surface area (Å²) in [7, 11) is 1.91. The lowest BCUT2D eigenvalue weighted by molar-refractivity contribution is 0.777. The highest BCUT2D eigenvalue weighted by molar-refractivity contribution is 9.10. The van der Waals surface area contributed by atoms with Gasteiger partial charge in [0.2, 0.25) is 0 Å². The number of nitrogens with one attached hydrogen (secondary N) is 1. The second-order valence-corrected chi connectivity index (χ2v) is 5.71. The van der Waals surface area contributed by atoms with E-state index >= 15 is 0 Å². The summed E-state index contributed by atoms with van der Waals surface area (Å²) < 4.78 is 1.09. The van der Waals surface area contributed by atoms with E-state index in [4.69, 9.17) is 0 Å². The van der Waals surface area contributed by atoms with E-state index < -0.39 is 0 Å². The van der Waals surface area contributed by atoms with Crippen molar-refractivity contribution >= 4 is 27.7 Å². The number of hydrogen-bond acceptors (Lipinski definition) is 4. The Bertz CT molecular complexity index is 519. The maximum Gasteiger partial charge on any atom is 0.138 e. The molecule has 18 heavy (non-hydrogen) atoms. The molecule has 0 aliphatic carbocycles. The topological polar surface area (TPSA) is 37.8 Å². The van der Waals surface area contributed by atoms with Gasteiger partial charge in [-0.15, -0.1) is 11.8 Å². The van der Waals surface area contributed by atoms with E-state index in [1.165, 1.54) is 4.90 Å². The zero-order valence-electron chi connectivity index (χ0n) is 10.1. The molecule has 0 atom stereocenters. The molecule has 2 rings (SSSR count). The lowest BCUT2D eigenvalue weighted by Crippen LogP contribution is -2.08. The molecule has 0 fully saturated rings. The molecule has 0 saturated heterocycles. The Hall–Kier alpha value is -0.910. The second kappa shape index (κ2) is 6.87. The van der Waals surface area contributed by atoms with E-state index in [9.17, 15) is 0 Å². The van der Waals surface area contributed by atoms with Gasteiger partial charge in [0.25, 0.3) is 0 Å². The number of halogens is 1. The third-order valence-electron chi connectivity index (χ3n) is 2.29. The third-order valence-corrected chi connectivity index (χ3v) is 3.77. The van der Waals surface area contributed by atoms with E-state index in [-0.39, 0.29) is 0 Å². The van der Waals surface area contributed by atoms with Gasteiger partial charge in [0.15, 0.2) is 0 Å². The number of nitrogens with zero attached hydrogens (tertiary/aromatic N) is 2. The van der Waals surface area contributed by atoms with Crippen molar-refractivity contribution in [1.29, 1.82) is 0 Å². The Morgan fingerprint density at radius 2 is 2.22 bits per heavy atom. The maximum absolute atomic E-state index is 4.49. The summed E-state index contributed by atoms with van der Waals surface area (Å²) in [5.41, 5.74) is 1.03. The molecule has 1 heterocycles. The predicted octanol–water partition coefficient (Wildman–Crippen LogP) is 3.25. The second-order valence-electron chi connectivity index (χ2n) is 3.74. The Labute approximate surface area is 120 Å². The lowest BCUT2D eigenvalue weighted by atomic mass is 10.4. The van der Waals surface area contributed by atoms with Crippen LogP contribution in [0.1, 0.15) is 11.5 Å². The van der Waals surface area contributed by atoms with Gasteiger partial charge in [-0.1, -0.05) is 22.0 Å². The van der Waals surface area contributed by atoms with Crippen molar-refractivity contribution in [3.05, 3.63) is 52.5 Å². The standard InChI is InChI=1S/C13H14BrN3S/c1-15-8-11-5-6-16-13(17-11)9-18-12-4-2-3-10(14)7-12/h2-7,15H,8-9H2,1H3. The summed E-state index contributed by atoms with van der Waals surface area (Å²) in [5.74, 6) is 1.65. The largest absolute Gasteiger partial charge is 0.314 e. The van der Waals surface area contributed by atoms with Crippen molar-refractivity contribution < 1.29 is 0 Å². The molecule has 0 unspecified atom stereocenters. The summed E-state index contributed by atoms with van der Waals surface area (Å²) in [5, 5.41) is 3.09. The average molecular weight is 324 g/mol. The van der Waals surface area contributed by atoms with Crippen molar-refractivity contribution in [3.63, 3.8) is 0 Å². The van der Waals surface area contributed by atoms with Crippen LogP contribution in [0.25, 0.3) is 0 Å². The minimum Gasteiger partial charge on any atom is -0.314 e. The van der Waals surface area contributed by atoms with Crippen LogP contribution in [0.4, 0.5) is 0 Å². The first-order valence-electron chi connectivity index (χ1n) is 5.61. The highest BCUT2D eigenvalue weighted by Crippen LogP contribution is 2.24. The van der Waals surface area contributed by atoms with Crippen LogP contribution in [-0.4, -0.2) is 17.0 Å². The fraction of sp³-hybridized carbons (Fsp3) is 0.231. The van der Waals surface area contributed by atoms with Crippen LogP contribution in [0, 0.1) is 0 Å². The highest BCUT2D eigenvalue weighted by atomic mass is 79.9. The Morgan fingerprint density at radius 3 is 3.00 bits per heavy atom. The Kier molecular flexibility index (Phi) is 5.16. The van der Waals surface area contributed by atoms with E-state index in [1.54, 1.807) is 11.8 Å². The van der Waals surface area contributed by atoms with Crippen LogP contribution in [-0.2, 0) is 12.3 Å². The summed E-state index contributed by atoms with van der Waals surface area (Å²) in [6, 6.07) is 10.2. The van der Waals surface area contributed by atoms with Gasteiger partial charge in [0.05, 0.1) is 11.4 Å². The SMILES string of the molecule is CNCc1ccnc(CSc2cccc(Br)c2)n1. The smallest absolute Gasteiger partial charge is 0.138 e. The van der Waals surface area contributed by atoms with Gasteiger partial charge < -0.3 is 5.32 Å². The van der Waals surface area contributed by atoms with Crippen LogP contribution >= 0.6 is 27.7 Å². The van der Waals surface area contributed by atoms with E-state index in [0.29, 0.717) is 0 Å². The Morgan fingerprint density at radius 1 is 1.33 bits per heavy atom. The fourth-order valence-electron chi connectivity index (χ4n) is 1.50. The maximum atomic E-state index is 4.49. The molecule has 1 N–H and O–H groups in total. The molecule has 0 radical (unpaired) electrons. The molecule has 1 aromatic carbocycles. The number of benzene rings is 1. The molecule has 3 nitrogen and oxygen atoms in total. The number of thioether (sulfide) groups is 1. The van der Waals surface area contributed by atoms with Gasteiger partial charge in [-0.05, 0) is 31.3 Å². The summed E-state index contributed by atoms with van der Waals surface area (Å²) in [6.07, 6.45) is 1.82. The van der Waals surface area contributed by atoms with Gasteiger partial charge in [-0.2, -0.15) is 0 Å². The van der Waals surface area contributed by atoms with Crippen LogP contribution in [0.3, 0.4) is 0 Å². The molecule has 0 amide bonds. The van der Waals surface area contributed by atoms with Crippen LogP contribution < -0.4 is 5.32 Å². The van der Waals surface area contributed by atoms with Gasteiger partial charge in [-0.3, -0.25) is 0 Å². The highest BCUT2D eigenvalue weighted by Gasteiger charge is 2.01. The minimum atomic E-state index is 0.775. The first-order chi connectivity index (χ1) is 8.78. The molecule has 1 aromatic heterocycles. The van der Waals surface area contributed by atoms with Crippen molar-refractivity contribution in [2.75, 3.05) is 7.05 Å². The molecular weight excluding hydrogens is 310 g/mol. The van der Waals surface area contributed by atoms with E-state index in [2.05, 4.69) is 43.3 Å². The Balaban J connectivity index is 1.99. The van der Waals surface area contributed by atoms with Crippen molar-refractivity contribution in [1.82, 2.24) is 15.3 Å². The summed E-state index contributed by atoms with van der Waals surface area (Å²) in [4.78, 5) is 10.00. The normalized spacial score (nSPS) is 10.6. The molecule has 2 aromatic rings. The first kappa shape index (κ1) is 13.5. The number of aromatic nitrogens is 2. The zero-order chi connectivity index (χ0) is 12.8.